The maximum Gasteiger partial charge on any atom is 0.293 e. The Morgan fingerprint density at radius 3 is 2.81 bits per heavy atom. The summed E-state index contributed by atoms with van der Waals surface area (Å²) in [5.74, 6) is 0.688. The summed E-state index contributed by atoms with van der Waals surface area (Å²) in [6.45, 7) is 3.66. The highest BCUT2D eigenvalue weighted by Crippen LogP contribution is 2.34. The Morgan fingerprint density at radius 1 is 1.31 bits per heavy atom. The molecule has 26 heavy (non-hydrogen) atoms. The minimum atomic E-state index is -0.479. The van der Waals surface area contributed by atoms with Gasteiger partial charge in [-0.2, -0.15) is 0 Å². The van der Waals surface area contributed by atoms with Gasteiger partial charge in [-0.25, -0.2) is 4.99 Å². The Balaban J connectivity index is 1.66. The maximum atomic E-state index is 12.3. The van der Waals surface area contributed by atoms with Crippen LogP contribution in [0.5, 0.6) is 0 Å². The van der Waals surface area contributed by atoms with Crippen LogP contribution in [0.3, 0.4) is 0 Å². The van der Waals surface area contributed by atoms with E-state index in [-0.39, 0.29) is 23.0 Å². The smallest absolute Gasteiger partial charge is 0.293 e. The highest BCUT2D eigenvalue weighted by atomic mass is 32.2. The van der Waals surface area contributed by atoms with Gasteiger partial charge in [0.05, 0.1) is 16.4 Å². The van der Waals surface area contributed by atoms with Crippen molar-refractivity contribution in [3.05, 3.63) is 63.2 Å². The predicted octanol–water partition coefficient (Wildman–Crippen LogP) is 4.82. The van der Waals surface area contributed by atoms with Crippen molar-refractivity contribution >= 4 is 50.9 Å². The van der Waals surface area contributed by atoms with E-state index in [1.54, 1.807) is 24.8 Å². The van der Waals surface area contributed by atoms with Crippen molar-refractivity contribution in [1.82, 2.24) is 0 Å². The fourth-order valence-electron chi connectivity index (χ4n) is 2.45. The van der Waals surface area contributed by atoms with Crippen LogP contribution >= 0.6 is 23.5 Å². The molecule has 1 amide bonds. The number of nitro groups is 1. The number of benzene rings is 2. The molecule has 0 spiro atoms. The molecule has 8 heteroatoms. The number of aryl methyl sites for hydroxylation is 2. The maximum absolute atomic E-state index is 12.3. The van der Waals surface area contributed by atoms with Gasteiger partial charge in [-0.15, -0.1) is 0 Å². The Kier molecular flexibility index (Phi) is 5.63. The van der Waals surface area contributed by atoms with Crippen molar-refractivity contribution in [2.45, 2.75) is 19.6 Å². The highest BCUT2D eigenvalue weighted by Gasteiger charge is 2.19. The van der Waals surface area contributed by atoms with E-state index in [0.29, 0.717) is 0 Å². The molecule has 0 aliphatic carbocycles. The van der Waals surface area contributed by atoms with E-state index in [0.717, 1.165) is 26.9 Å². The summed E-state index contributed by atoms with van der Waals surface area (Å²) in [5, 5.41) is 13.9. The number of thioether (sulfide) groups is 2. The molecule has 1 aliphatic heterocycles. The number of amides is 1. The predicted molar refractivity (Wildman–Crippen MR) is 108 cm³/mol. The number of para-hydroxylation sites is 1. The van der Waals surface area contributed by atoms with E-state index >= 15 is 0 Å². The molecule has 0 saturated heterocycles. The first-order chi connectivity index (χ1) is 12.4. The van der Waals surface area contributed by atoms with Crippen LogP contribution in [0.25, 0.3) is 0 Å². The van der Waals surface area contributed by atoms with Gasteiger partial charge in [0, 0.05) is 11.8 Å². The molecule has 0 radical (unpaired) electrons. The molecule has 0 aromatic heterocycles. The second-order valence-electron chi connectivity index (χ2n) is 5.84. The SMILES string of the molecule is Cc1cc(NC(=O)CSC2=Nc3ccccc3CS2)c([N+](=O)[O-])cc1C. The zero-order valence-corrected chi connectivity index (χ0v) is 15.9. The number of aliphatic imine (C=N–C) groups is 1. The van der Waals surface area contributed by atoms with Gasteiger partial charge in [0.1, 0.15) is 10.1 Å². The standard InChI is InChI=1S/C18H17N3O3S2/c1-11-7-15(16(21(23)24)8-12(11)2)19-17(22)10-26-18-20-14-6-4-3-5-13(14)9-25-18/h3-8H,9-10H2,1-2H3,(H,19,22). The minimum absolute atomic E-state index is 0.0928. The zero-order valence-electron chi connectivity index (χ0n) is 14.3. The van der Waals surface area contributed by atoms with E-state index in [9.17, 15) is 14.9 Å². The lowest BCUT2D eigenvalue weighted by molar-refractivity contribution is -0.384. The second kappa shape index (κ2) is 7.92. The summed E-state index contributed by atoms with van der Waals surface area (Å²) in [4.78, 5) is 27.5. The zero-order chi connectivity index (χ0) is 18.7. The molecule has 3 rings (SSSR count). The third kappa shape index (κ3) is 4.25. The monoisotopic (exact) mass is 387 g/mol. The van der Waals surface area contributed by atoms with Gasteiger partial charge in [-0.05, 0) is 42.7 Å². The fraction of sp³-hybridized carbons (Fsp3) is 0.222. The van der Waals surface area contributed by atoms with E-state index in [4.69, 9.17) is 0 Å². The van der Waals surface area contributed by atoms with Gasteiger partial charge in [0.2, 0.25) is 5.91 Å². The van der Waals surface area contributed by atoms with Gasteiger partial charge in [0.15, 0.2) is 0 Å². The van der Waals surface area contributed by atoms with Crippen molar-refractivity contribution in [3.63, 3.8) is 0 Å². The molecular formula is C18H17N3O3S2. The quantitative estimate of drug-likeness (QED) is 0.601. The van der Waals surface area contributed by atoms with Crippen LogP contribution in [0.1, 0.15) is 16.7 Å². The van der Waals surface area contributed by atoms with E-state index in [1.165, 1.54) is 23.4 Å². The van der Waals surface area contributed by atoms with Crippen LogP contribution in [0.15, 0.2) is 41.4 Å². The number of hydrogen-bond acceptors (Lipinski definition) is 6. The number of rotatable bonds is 4. The Morgan fingerprint density at radius 2 is 2.04 bits per heavy atom. The van der Waals surface area contributed by atoms with Gasteiger partial charge in [0.25, 0.3) is 5.69 Å². The number of nitro benzene ring substituents is 1. The summed E-state index contributed by atoms with van der Waals surface area (Å²) in [6.07, 6.45) is 0. The molecule has 0 atom stereocenters. The van der Waals surface area contributed by atoms with Crippen LogP contribution in [0.4, 0.5) is 17.1 Å². The number of fused-ring (bicyclic) bond motifs is 1. The lowest BCUT2D eigenvalue weighted by atomic mass is 10.1. The highest BCUT2D eigenvalue weighted by molar-refractivity contribution is 8.38. The van der Waals surface area contributed by atoms with Crippen LogP contribution in [0.2, 0.25) is 0 Å². The van der Waals surface area contributed by atoms with Crippen LogP contribution in [-0.4, -0.2) is 21.0 Å². The number of nitrogens with zero attached hydrogens (tertiary/aromatic N) is 2. The molecule has 0 bridgehead atoms. The fourth-order valence-corrected chi connectivity index (χ4v) is 4.31. The molecule has 0 fully saturated rings. The van der Waals surface area contributed by atoms with Crippen molar-refractivity contribution in [1.29, 1.82) is 0 Å². The number of hydrogen-bond donors (Lipinski definition) is 1. The lowest BCUT2D eigenvalue weighted by Gasteiger charge is -2.14. The third-order valence-corrected chi connectivity index (χ3v) is 6.21. The average Bonchev–Trinajstić information content (AvgIpc) is 2.62. The summed E-state index contributed by atoms with van der Waals surface area (Å²) in [5.41, 5.74) is 3.95. The first-order valence-corrected chi connectivity index (χ1v) is 9.89. The molecule has 0 saturated carbocycles. The normalized spacial score (nSPS) is 12.9. The summed E-state index contributed by atoms with van der Waals surface area (Å²) in [7, 11) is 0. The first kappa shape index (κ1) is 18.5. The van der Waals surface area contributed by atoms with E-state index < -0.39 is 4.92 Å². The molecule has 134 valence electrons. The summed E-state index contributed by atoms with van der Waals surface area (Å²) >= 11 is 2.93. The molecule has 1 heterocycles. The van der Waals surface area contributed by atoms with E-state index in [1.807, 2.05) is 31.2 Å². The Bertz CT molecular complexity index is 913. The second-order valence-corrected chi connectivity index (χ2v) is 8.03. The topological polar surface area (TPSA) is 84.6 Å². The van der Waals surface area contributed by atoms with Gasteiger partial charge in [-0.3, -0.25) is 14.9 Å². The summed E-state index contributed by atoms with van der Waals surface area (Å²) < 4.78 is 0.827. The molecule has 1 N–H and O–H groups in total. The minimum Gasteiger partial charge on any atom is -0.320 e. The average molecular weight is 387 g/mol. The molecular weight excluding hydrogens is 370 g/mol. The number of anilines is 1. The van der Waals surface area contributed by atoms with Gasteiger partial charge < -0.3 is 5.32 Å². The van der Waals surface area contributed by atoms with Gasteiger partial charge >= 0.3 is 0 Å². The third-order valence-electron chi connectivity index (χ3n) is 3.96. The van der Waals surface area contributed by atoms with Crippen molar-refractivity contribution in [2.75, 3.05) is 11.1 Å². The molecule has 6 nitrogen and oxygen atoms in total. The molecule has 1 aliphatic rings. The first-order valence-electron chi connectivity index (χ1n) is 7.91. The van der Waals surface area contributed by atoms with Crippen molar-refractivity contribution in [3.8, 4) is 0 Å². The van der Waals surface area contributed by atoms with Crippen LogP contribution in [0, 0.1) is 24.0 Å². The number of carbonyl (C=O) groups is 1. The molecule has 0 unspecified atom stereocenters. The van der Waals surface area contributed by atoms with Crippen LogP contribution in [-0.2, 0) is 10.5 Å². The van der Waals surface area contributed by atoms with Gasteiger partial charge in [-0.1, -0.05) is 41.7 Å². The van der Waals surface area contributed by atoms with Crippen molar-refractivity contribution < 1.29 is 9.72 Å². The number of carbonyl (C=O) groups excluding carboxylic acids is 1. The van der Waals surface area contributed by atoms with Crippen molar-refractivity contribution in [2.24, 2.45) is 4.99 Å². The number of nitrogens with one attached hydrogen (secondary N) is 1. The lowest BCUT2D eigenvalue weighted by Crippen LogP contribution is -2.16. The van der Waals surface area contributed by atoms with E-state index in [2.05, 4.69) is 10.3 Å². The Labute approximate surface area is 159 Å². The Hall–Kier alpha value is -2.32. The molecule has 2 aromatic carbocycles. The summed E-state index contributed by atoms with van der Waals surface area (Å²) in [6, 6.07) is 11.0. The van der Waals surface area contributed by atoms with Crippen LogP contribution < -0.4 is 5.32 Å². The molecule has 2 aromatic rings. The largest absolute Gasteiger partial charge is 0.320 e.